The van der Waals surface area contributed by atoms with Gasteiger partial charge < -0.3 is 5.32 Å². The molecule has 1 rings (SSSR count). The second-order valence-corrected chi connectivity index (χ2v) is 6.57. The molecule has 0 amide bonds. The monoisotopic (exact) mass is 361 g/mol. The Morgan fingerprint density at radius 2 is 1.82 bits per heavy atom. The molecule has 3 heteroatoms. The van der Waals surface area contributed by atoms with Crippen LogP contribution in [0.1, 0.15) is 44.4 Å². The highest BCUT2D eigenvalue weighted by Crippen LogP contribution is 2.32. The number of hydrogen-bond donors (Lipinski definition) is 1. The van der Waals surface area contributed by atoms with E-state index >= 15 is 0 Å². The van der Waals surface area contributed by atoms with Gasteiger partial charge in [0.05, 0.1) is 0 Å². The fourth-order valence-electron chi connectivity index (χ4n) is 1.97. The smallest absolute Gasteiger partial charge is 0.0334 e. The van der Waals surface area contributed by atoms with Crippen LogP contribution in [0.15, 0.2) is 21.1 Å². The maximum absolute atomic E-state index is 3.68. The zero-order chi connectivity index (χ0) is 13.0. The van der Waals surface area contributed by atoms with Crippen molar-refractivity contribution < 1.29 is 0 Å². The van der Waals surface area contributed by atoms with E-state index in [4.69, 9.17) is 0 Å². The van der Waals surface area contributed by atoms with E-state index in [1.807, 2.05) is 0 Å². The summed E-state index contributed by atoms with van der Waals surface area (Å²) < 4.78 is 2.38. The Labute approximate surface area is 122 Å². The molecule has 0 fully saturated rings. The number of rotatable bonds is 5. The van der Waals surface area contributed by atoms with Crippen LogP contribution in [0.4, 0.5) is 0 Å². The predicted octanol–water partition coefficient (Wildman–Crippen LogP) is 5.22. The SMILES string of the molecule is CCNC(CC(C)C)c1cc(Br)c(C)cc1Br. The highest BCUT2D eigenvalue weighted by Gasteiger charge is 2.16. The van der Waals surface area contributed by atoms with Gasteiger partial charge in [-0.05, 0) is 49.1 Å². The number of benzene rings is 1. The first-order valence-electron chi connectivity index (χ1n) is 6.14. The van der Waals surface area contributed by atoms with Crippen molar-refractivity contribution in [1.29, 1.82) is 0 Å². The average Bonchev–Trinajstić information content (AvgIpc) is 2.22. The molecule has 0 aliphatic rings. The van der Waals surface area contributed by atoms with Gasteiger partial charge in [-0.25, -0.2) is 0 Å². The minimum absolute atomic E-state index is 0.422. The highest BCUT2D eigenvalue weighted by atomic mass is 79.9. The van der Waals surface area contributed by atoms with E-state index in [2.05, 4.69) is 77.0 Å². The van der Waals surface area contributed by atoms with E-state index in [9.17, 15) is 0 Å². The van der Waals surface area contributed by atoms with Gasteiger partial charge in [-0.3, -0.25) is 0 Å². The molecule has 0 aromatic heterocycles. The third kappa shape index (κ3) is 4.38. The van der Waals surface area contributed by atoms with Crippen molar-refractivity contribution in [2.24, 2.45) is 5.92 Å². The maximum atomic E-state index is 3.68. The molecular formula is C14H21Br2N. The van der Waals surface area contributed by atoms with Gasteiger partial charge in [-0.1, -0.05) is 52.6 Å². The fraction of sp³-hybridized carbons (Fsp3) is 0.571. The highest BCUT2D eigenvalue weighted by molar-refractivity contribution is 9.11. The van der Waals surface area contributed by atoms with E-state index < -0.39 is 0 Å². The van der Waals surface area contributed by atoms with Crippen molar-refractivity contribution in [2.45, 2.75) is 40.2 Å². The maximum Gasteiger partial charge on any atom is 0.0334 e. The van der Waals surface area contributed by atoms with Gasteiger partial charge in [-0.15, -0.1) is 0 Å². The van der Waals surface area contributed by atoms with Crippen LogP contribution >= 0.6 is 31.9 Å². The summed E-state index contributed by atoms with van der Waals surface area (Å²) in [4.78, 5) is 0. The molecule has 0 spiro atoms. The number of aryl methyl sites for hydroxylation is 1. The van der Waals surface area contributed by atoms with Crippen LogP contribution in [-0.2, 0) is 0 Å². The predicted molar refractivity (Wildman–Crippen MR) is 82.5 cm³/mol. The number of nitrogens with one attached hydrogen (secondary N) is 1. The molecule has 1 aromatic carbocycles. The fourth-order valence-corrected chi connectivity index (χ4v) is 3.06. The average molecular weight is 363 g/mol. The molecule has 1 nitrogen and oxygen atoms in total. The summed E-state index contributed by atoms with van der Waals surface area (Å²) in [6.45, 7) is 9.80. The lowest BCUT2D eigenvalue weighted by molar-refractivity contribution is 0.437. The standard InChI is InChI=1S/C14H21Br2N/c1-5-17-14(6-9(2)3)11-8-12(15)10(4)7-13(11)16/h7-9,14,17H,5-6H2,1-4H3. The first-order chi connectivity index (χ1) is 7.95. The minimum atomic E-state index is 0.422. The Morgan fingerprint density at radius 3 is 2.35 bits per heavy atom. The van der Waals surface area contributed by atoms with Crippen molar-refractivity contribution in [2.75, 3.05) is 6.54 Å². The third-order valence-corrected chi connectivity index (χ3v) is 4.35. The Morgan fingerprint density at radius 1 is 1.18 bits per heavy atom. The van der Waals surface area contributed by atoms with E-state index in [1.165, 1.54) is 20.1 Å². The van der Waals surface area contributed by atoms with E-state index in [0.717, 1.165) is 13.0 Å². The summed E-state index contributed by atoms with van der Waals surface area (Å²) in [6, 6.07) is 4.84. The topological polar surface area (TPSA) is 12.0 Å². The molecule has 1 unspecified atom stereocenters. The first-order valence-corrected chi connectivity index (χ1v) is 7.73. The second kappa shape index (κ2) is 6.91. The zero-order valence-corrected chi connectivity index (χ0v) is 14.2. The van der Waals surface area contributed by atoms with Crippen molar-refractivity contribution in [3.63, 3.8) is 0 Å². The molecular weight excluding hydrogens is 342 g/mol. The van der Waals surface area contributed by atoms with Crippen LogP contribution in [0, 0.1) is 12.8 Å². The molecule has 0 aliphatic heterocycles. The van der Waals surface area contributed by atoms with Crippen LogP contribution in [-0.4, -0.2) is 6.54 Å². The molecule has 96 valence electrons. The quantitative estimate of drug-likeness (QED) is 0.757. The van der Waals surface area contributed by atoms with Gasteiger partial charge in [0.25, 0.3) is 0 Å². The number of hydrogen-bond acceptors (Lipinski definition) is 1. The van der Waals surface area contributed by atoms with Crippen LogP contribution in [0.5, 0.6) is 0 Å². The van der Waals surface area contributed by atoms with E-state index in [-0.39, 0.29) is 0 Å². The lowest BCUT2D eigenvalue weighted by atomic mass is 9.96. The summed E-state index contributed by atoms with van der Waals surface area (Å²) in [6.07, 6.45) is 1.15. The van der Waals surface area contributed by atoms with Crippen LogP contribution in [0.2, 0.25) is 0 Å². The van der Waals surface area contributed by atoms with Crippen molar-refractivity contribution >= 4 is 31.9 Å². The van der Waals surface area contributed by atoms with Crippen LogP contribution < -0.4 is 5.32 Å². The molecule has 1 aromatic rings. The Hall–Kier alpha value is 0.140. The molecule has 17 heavy (non-hydrogen) atoms. The van der Waals surface area contributed by atoms with Gasteiger partial charge in [0.15, 0.2) is 0 Å². The normalized spacial score (nSPS) is 13.1. The van der Waals surface area contributed by atoms with Crippen molar-refractivity contribution in [3.05, 3.63) is 32.2 Å². The first kappa shape index (κ1) is 15.2. The molecule has 1 N–H and O–H groups in total. The zero-order valence-electron chi connectivity index (χ0n) is 11.0. The van der Waals surface area contributed by atoms with Crippen molar-refractivity contribution in [1.82, 2.24) is 5.32 Å². The third-order valence-electron chi connectivity index (χ3n) is 2.81. The van der Waals surface area contributed by atoms with E-state index in [0.29, 0.717) is 12.0 Å². The molecule has 0 heterocycles. The number of halogens is 2. The summed E-state index contributed by atoms with van der Waals surface area (Å²) in [5.41, 5.74) is 2.61. The van der Waals surface area contributed by atoms with Gasteiger partial charge >= 0.3 is 0 Å². The lowest BCUT2D eigenvalue weighted by Gasteiger charge is -2.22. The van der Waals surface area contributed by atoms with Gasteiger partial charge in [0.1, 0.15) is 0 Å². The summed E-state index contributed by atoms with van der Waals surface area (Å²) in [5.74, 6) is 0.686. The Balaban J connectivity index is 3.04. The Bertz CT molecular complexity index is 375. The lowest BCUT2D eigenvalue weighted by Crippen LogP contribution is -2.22. The van der Waals surface area contributed by atoms with Crippen LogP contribution in [0.3, 0.4) is 0 Å². The summed E-state index contributed by atoms with van der Waals surface area (Å²) >= 11 is 7.30. The van der Waals surface area contributed by atoms with Crippen molar-refractivity contribution in [3.8, 4) is 0 Å². The van der Waals surface area contributed by atoms with Gasteiger partial charge in [0.2, 0.25) is 0 Å². The van der Waals surface area contributed by atoms with E-state index in [1.54, 1.807) is 0 Å². The summed E-state index contributed by atoms with van der Waals surface area (Å²) in [7, 11) is 0. The molecule has 0 radical (unpaired) electrons. The van der Waals surface area contributed by atoms with Gasteiger partial charge in [-0.2, -0.15) is 0 Å². The summed E-state index contributed by atoms with van der Waals surface area (Å²) in [5, 5.41) is 3.57. The second-order valence-electron chi connectivity index (χ2n) is 4.86. The Kier molecular flexibility index (Phi) is 6.18. The largest absolute Gasteiger partial charge is 0.310 e. The molecule has 0 saturated carbocycles. The van der Waals surface area contributed by atoms with Crippen LogP contribution in [0.25, 0.3) is 0 Å². The molecule has 1 atom stereocenters. The minimum Gasteiger partial charge on any atom is -0.310 e. The van der Waals surface area contributed by atoms with Gasteiger partial charge in [0, 0.05) is 15.0 Å². The molecule has 0 saturated heterocycles. The molecule has 0 aliphatic carbocycles. The molecule has 0 bridgehead atoms.